The summed E-state index contributed by atoms with van der Waals surface area (Å²) in [7, 11) is 0. The second-order valence-electron chi connectivity index (χ2n) is 17.1. The van der Waals surface area contributed by atoms with Gasteiger partial charge in [-0.05, 0) is 103 Å². The molecule has 14 aromatic rings. The van der Waals surface area contributed by atoms with Gasteiger partial charge in [-0.15, -0.1) is 0 Å². The molecule has 0 radical (unpaired) electrons. The van der Waals surface area contributed by atoms with Gasteiger partial charge in [0.25, 0.3) is 0 Å². The molecular formula is C61H36N4O. The zero-order valence-corrected chi connectivity index (χ0v) is 35.5. The Morgan fingerprint density at radius 2 is 0.924 bits per heavy atom. The van der Waals surface area contributed by atoms with Gasteiger partial charge in [-0.25, -0.2) is 15.0 Å². The van der Waals surface area contributed by atoms with E-state index in [0.29, 0.717) is 17.5 Å². The van der Waals surface area contributed by atoms with Gasteiger partial charge in [-0.3, -0.25) is 0 Å². The molecule has 0 atom stereocenters. The highest BCUT2D eigenvalue weighted by atomic mass is 16.3. The van der Waals surface area contributed by atoms with Crippen LogP contribution in [0.1, 0.15) is 0 Å². The monoisotopic (exact) mass is 840 g/mol. The van der Waals surface area contributed by atoms with Crippen LogP contribution >= 0.6 is 0 Å². The van der Waals surface area contributed by atoms with E-state index in [1.807, 2.05) is 18.2 Å². The standard InChI is InChI=1S/C61H36N4O/c1-2-16-38(17-3-1)59-62-60(64-61(63-59)56-45-23-10-7-20-41(45)33-42-21-8-11-24-46(42)56)43-29-31-52(65-51-27-13-12-25-47(51)49-34-39-18-4-5-19-40(39)36-53(49)65)50(35-43)48-26-14-28-54-58(48)57-44-22-9-6-15-37(44)30-32-55(57)66-54/h1-36H. The molecule has 3 aromatic heterocycles. The van der Waals surface area contributed by atoms with E-state index in [-0.39, 0.29) is 0 Å². The predicted octanol–water partition coefficient (Wildman–Crippen LogP) is 16.1. The van der Waals surface area contributed by atoms with E-state index in [9.17, 15) is 0 Å². The van der Waals surface area contributed by atoms with Gasteiger partial charge < -0.3 is 8.98 Å². The number of rotatable bonds is 5. The molecule has 0 aliphatic carbocycles. The van der Waals surface area contributed by atoms with E-state index in [1.54, 1.807) is 0 Å². The van der Waals surface area contributed by atoms with Crippen LogP contribution in [0.5, 0.6) is 0 Å². The van der Waals surface area contributed by atoms with Gasteiger partial charge in [0.15, 0.2) is 17.5 Å². The van der Waals surface area contributed by atoms with Gasteiger partial charge in [0.1, 0.15) is 11.2 Å². The summed E-state index contributed by atoms with van der Waals surface area (Å²) in [6.07, 6.45) is 0. The lowest BCUT2D eigenvalue weighted by atomic mass is 9.94. The summed E-state index contributed by atoms with van der Waals surface area (Å²) < 4.78 is 9.15. The van der Waals surface area contributed by atoms with Gasteiger partial charge in [0.05, 0.1) is 16.7 Å². The van der Waals surface area contributed by atoms with Gasteiger partial charge in [-0.1, -0.05) is 164 Å². The van der Waals surface area contributed by atoms with E-state index in [4.69, 9.17) is 19.4 Å². The van der Waals surface area contributed by atoms with Crippen LogP contribution in [0.15, 0.2) is 223 Å². The summed E-state index contributed by atoms with van der Waals surface area (Å²) in [5.41, 5.74) is 9.86. The van der Waals surface area contributed by atoms with Crippen LogP contribution in [0.25, 0.3) is 138 Å². The average molecular weight is 841 g/mol. The van der Waals surface area contributed by atoms with Crippen molar-refractivity contribution in [2.45, 2.75) is 0 Å². The first kappa shape index (κ1) is 36.5. The first-order valence-electron chi connectivity index (χ1n) is 22.3. The second kappa shape index (κ2) is 14.3. The number of aromatic nitrogens is 4. The molecule has 0 aliphatic rings. The third kappa shape index (κ3) is 5.57. The Hall–Kier alpha value is -8.93. The quantitative estimate of drug-likeness (QED) is 0.162. The second-order valence-corrected chi connectivity index (χ2v) is 17.1. The summed E-state index contributed by atoms with van der Waals surface area (Å²) in [4.78, 5) is 16.1. The molecule has 0 unspecified atom stereocenters. The fourth-order valence-electron chi connectivity index (χ4n) is 10.4. The molecule has 14 rings (SSSR count). The molecule has 0 spiro atoms. The van der Waals surface area contributed by atoms with Crippen molar-refractivity contribution in [3.63, 3.8) is 0 Å². The lowest BCUT2D eigenvalue weighted by molar-refractivity contribution is 0.669. The summed E-state index contributed by atoms with van der Waals surface area (Å²) in [6, 6.07) is 77.5. The summed E-state index contributed by atoms with van der Waals surface area (Å²) in [5.74, 6) is 1.83. The topological polar surface area (TPSA) is 56.7 Å². The van der Waals surface area contributed by atoms with E-state index in [0.717, 1.165) is 98.8 Å². The summed E-state index contributed by atoms with van der Waals surface area (Å²) in [5, 5.41) is 13.7. The van der Waals surface area contributed by atoms with E-state index >= 15 is 0 Å². The largest absolute Gasteiger partial charge is 0.456 e. The predicted molar refractivity (Wildman–Crippen MR) is 273 cm³/mol. The smallest absolute Gasteiger partial charge is 0.165 e. The average Bonchev–Trinajstić information content (AvgIpc) is 3.93. The number of furan rings is 1. The number of hydrogen-bond donors (Lipinski definition) is 0. The summed E-state index contributed by atoms with van der Waals surface area (Å²) >= 11 is 0. The number of nitrogens with zero attached hydrogens (tertiary/aromatic N) is 4. The Bertz CT molecular complexity index is 4240. The lowest BCUT2D eigenvalue weighted by Crippen LogP contribution is -2.02. The molecule has 0 N–H and O–H groups in total. The Morgan fingerprint density at radius 1 is 0.318 bits per heavy atom. The van der Waals surface area contributed by atoms with Crippen molar-refractivity contribution in [3.05, 3.63) is 218 Å². The Kier molecular flexibility index (Phi) is 7.91. The van der Waals surface area contributed by atoms with Crippen molar-refractivity contribution in [2.24, 2.45) is 0 Å². The molecule has 0 saturated carbocycles. The fourth-order valence-corrected chi connectivity index (χ4v) is 10.4. The van der Waals surface area contributed by atoms with Gasteiger partial charge >= 0.3 is 0 Å². The number of fused-ring (bicyclic) bond motifs is 11. The van der Waals surface area contributed by atoms with Crippen LogP contribution in [-0.4, -0.2) is 19.5 Å². The molecule has 0 bridgehead atoms. The highest BCUT2D eigenvalue weighted by molar-refractivity contribution is 6.23. The number of benzene rings is 11. The maximum Gasteiger partial charge on any atom is 0.165 e. The van der Waals surface area contributed by atoms with Gasteiger partial charge in [-0.2, -0.15) is 0 Å². The van der Waals surface area contributed by atoms with Crippen molar-refractivity contribution in [3.8, 4) is 51.0 Å². The van der Waals surface area contributed by atoms with Gasteiger partial charge in [0, 0.05) is 43.8 Å². The van der Waals surface area contributed by atoms with Crippen molar-refractivity contribution in [2.75, 3.05) is 0 Å². The molecular weight excluding hydrogens is 805 g/mol. The maximum atomic E-state index is 6.72. The lowest BCUT2D eigenvalue weighted by Gasteiger charge is -2.17. The summed E-state index contributed by atoms with van der Waals surface area (Å²) in [6.45, 7) is 0. The van der Waals surface area contributed by atoms with E-state index in [1.165, 1.54) is 21.5 Å². The first-order chi connectivity index (χ1) is 32.7. The maximum absolute atomic E-state index is 6.72. The highest BCUT2D eigenvalue weighted by Crippen LogP contribution is 2.45. The number of para-hydroxylation sites is 1. The molecule has 0 saturated heterocycles. The molecule has 306 valence electrons. The molecule has 0 aliphatic heterocycles. The minimum absolute atomic E-state index is 0.589. The van der Waals surface area contributed by atoms with Crippen LogP contribution in [0, 0.1) is 0 Å². The van der Waals surface area contributed by atoms with Crippen molar-refractivity contribution in [1.29, 1.82) is 0 Å². The van der Waals surface area contributed by atoms with Crippen LogP contribution in [0.4, 0.5) is 0 Å². The molecule has 5 heteroatoms. The molecule has 0 amide bonds. The van der Waals surface area contributed by atoms with Crippen LogP contribution in [-0.2, 0) is 0 Å². The van der Waals surface area contributed by atoms with Crippen LogP contribution in [0.3, 0.4) is 0 Å². The van der Waals surface area contributed by atoms with Crippen molar-refractivity contribution in [1.82, 2.24) is 19.5 Å². The van der Waals surface area contributed by atoms with Crippen molar-refractivity contribution >= 4 is 86.8 Å². The van der Waals surface area contributed by atoms with E-state index in [2.05, 4.69) is 205 Å². The SMILES string of the molecule is c1ccc(-c2nc(-c3ccc(-n4c5ccccc5c5cc6ccccc6cc54)c(-c4cccc5oc6ccc7ccccc7c6c45)c3)nc(-c3c4ccccc4cc4ccccc34)n2)cc1. The highest BCUT2D eigenvalue weighted by Gasteiger charge is 2.23. The molecule has 0 fully saturated rings. The molecule has 11 aromatic carbocycles. The fraction of sp³-hybridized carbons (Fsp3) is 0. The zero-order valence-electron chi connectivity index (χ0n) is 35.5. The Morgan fingerprint density at radius 3 is 1.70 bits per heavy atom. The van der Waals surface area contributed by atoms with E-state index < -0.39 is 0 Å². The molecule has 3 heterocycles. The normalized spacial score (nSPS) is 11.9. The Balaban J connectivity index is 1.10. The van der Waals surface area contributed by atoms with Crippen molar-refractivity contribution < 1.29 is 4.42 Å². The third-order valence-corrected chi connectivity index (χ3v) is 13.4. The zero-order chi connectivity index (χ0) is 43.3. The third-order valence-electron chi connectivity index (χ3n) is 13.4. The Labute approximate surface area is 378 Å². The minimum atomic E-state index is 0.589. The van der Waals surface area contributed by atoms with Crippen LogP contribution < -0.4 is 0 Å². The molecule has 66 heavy (non-hydrogen) atoms. The number of hydrogen-bond acceptors (Lipinski definition) is 4. The molecule has 5 nitrogen and oxygen atoms in total. The first-order valence-corrected chi connectivity index (χ1v) is 22.3. The minimum Gasteiger partial charge on any atom is -0.456 e. The van der Waals surface area contributed by atoms with Gasteiger partial charge in [0.2, 0.25) is 0 Å². The van der Waals surface area contributed by atoms with Crippen LogP contribution in [0.2, 0.25) is 0 Å².